The van der Waals surface area contributed by atoms with E-state index in [4.69, 9.17) is 0 Å². The summed E-state index contributed by atoms with van der Waals surface area (Å²) in [7, 11) is 0. The summed E-state index contributed by atoms with van der Waals surface area (Å²) in [5.74, 6) is -0.345. The average Bonchev–Trinajstić information content (AvgIpc) is 3.26. The molecule has 1 fully saturated rings. The number of carbonyl (C=O) groups excluding carboxylic acids is 1. The first-order chi connectivity index (χ1) is 14.5. The van der Waals surface area contributed by atoms with Crippen LogP contribution in [0.15, 0.2) is 61.1 Å². The number of aromatic nitrogens is 2. The number of aliphatic hydroxyl groups is 1. The van der Waals surface area contributed by atoms with Gasteiger partial charge in [0.05, 0.1) is 23.3 Å². The zero-order valence-corrected chi connectivity index (χ0v) is 16.5. The molecule has 1 aliphatic rings. The molecule has 1 saturated carbocycles. The van der Waals surface area contributed by atoms with E-state index in [1.165, 1.54) is 12.1 Å². The maximum absolute atomic E-state index is 13.1. The largest absolute Gasteiger partial charge is 0.393 e. The highest BCUT2D eigenvalue weighted by Crippen LogP contribution is 2.38. The number of nitriles is 1. The average molecular weight is 403 g/mol. The van der Waals surface area contributed by atoms with Gasteiger partial charge in [-0.1, -0.05) is 6.07 Å². The number of nitrogens with zero attached hydrogens (tertiary/aromatic N) is 3. The van der Waals surface area contributed by atoms with Crippen molar-refractivity contribution in [3.63, 3.8) is 0 Å². The third-order valence-corrected chi connectivity index (χ3v) is 5.84. The maximum atomic E-state index is 13.1. The lowest BCUT2D eigenvalue weighted by Crippen LogP contribution is -2.33. The van der Waals surface area contributed by atoms with Crippen molar-refractivity contribution in [1.82, 2.24) is 9.55 Å². The van der Waals surface area contributed by atoms with Crippen LogP contribution in [-0.4, -0.2) is 26.5 Å². The lowest BCUT2D eigenvalue weighted by Gasteiger charge is -2.32. The minimum Gasteiger partial charge on any atom is -0.393 e. The normalized spacial score (nSPS) is 21.2. The Morgan fingerprint density at radius 2 is 1.93 bits per heavy atom. The number of rotatable bonds is 5. The molecular formula is C24H22FN3O2. The summed E-state index contributed by atoms with van der Waals surface area (Å²) in [5.41, 5.74) is 2.17. The van der Waals surface area contributed by atoms with Crippen LogP contribution in [0.4, 0.5) is 4.39 Å². The molecule has 0 unspecified atom stereocenters. The van der Waals surface area contributed by atoms with Gasteiger partial charge < -0.3 is 9.67 Å². The Morgan fingerprint density at radius 1 is 1.20 bits per heavy atom. The van der Waals surface area contributed by atoms with Crippen molar-refractivity contribution in [3.05, 3.63) is 83.7 Å². The number of halogens is 1. The molecule has 3 aromatic rings. The van der Waals surface area contributed by atoms with Crippen molar-refractivity contribution in [2.45, 2.75) is 43.6 Å². The van der Waals surface area contributed by atoms with Crippen molar-refractivity contribution in [3.8, 4) is 11.8 Å². The van der Waals surface area contributed by atoms with E-state index in [0.717, 1.165) is 11.3 Å². The first-order valence-corrected chi connectivity index (χ1v) is 10.0. The number of hydrogen-bond donors (Lipinski definition) is 1. The summed E-state index contributed by atoms with van der Waals surface area (Å²) in [6, 6.07) is 13.9. The fourth-order valence-corrected chi connectivity index (χ4v) is 3.96. The third kappa shape index (κ3) is 4.03. The van der Waals surface area contributed by atoms with Crippen LogP contribution in [0.5, 0.6) is 0 Å². The van der Waals surface area contributed by atoms with Gasteiger partial charge in [0, 0.05) is 36.3 Å². The zero-order chi connectivity index (χ0) is 21.1. The Hall–Kier alpha value is -3.30. The molecule has 2 aromatic heterocycles. The lowest BCUT2D eigenvalue weighted by molar-refractivity contribution is 0.0992. The van der Waals surface area contributed by atoms with E-state index < -0.39 is 5.41 Å². The molecule has 0 atom stereocenters. The van der Waals surface area contributed by atoms with Crippen LogP contribution >= 0.6 is 0 Å². The van der Waals surface area contributed by atoms with Crippen LogP contribution in [0, 0.1) is 17.1 Å². The van der Waals surface area contributed by atoms with Crippen molar-refractivity contribution in [2.24, 2.45) is 0 Å². The summed E-state index contributed by atoms with van der Waals surface area (Å²) in [4.78, 5) is 17.2. The number of pyridine rings is 1. The van der Waals surface area contributed by atoms with Gasteiger partial charge in [-0.25, -0.2) is 4.39 Å². The number of carbonyl (C=O) groups is 1. The summed E-state index contributed by atoms with van der Waals surface area (Å²) in [6.07, 6.45) is 7.41. The summed E-state index contributed by atoms with van der Waals surface area (Å²) in [5, 5.41) is 19.4. The van der Waals surface area contributed by atoms with Gasteiger partial charge >= 0.3 is 0 Å². The van der Waals surface area contributed by atoms with E-state index in [2.05, 4.69) is 11.1 Å². The summed E-state index contributed by atoms with van der Waals surface area (Å²) >= 11 is 0. The molecule has 0 spiro atoms. The number of aliphatic hydroxyl groups excluding tert-OH is 1. The molecule has 4 rings (SSSR count). The second-order valence-electron chi connectivity index (χ2n) is 7.86. The highest BCUT2D eigenvalue weighted by molar-refractivity contribution is 5.97. The quantitative estimate of drug-likeness (QED) is 0.650. The maximum Gasteiger partial charge on any atom is 0.168 e. The number of benzene rings is 1. The molecule has 5 nitrogen and oxygen atoms in total. The molecule has 30 heavy (non-hydrogen) atoms. The highest BCUT2D eigenvalue weighted by atomic mass is 19.1. The topological polar surface area (TPSA) is 78.9 Å². The lowest BCUT2D eigenvalue weighted by atomic mass is 9.72. The third-order valence-electron chi connectivity index (χ3n) is 5.84. The molecule has 0 amide bonds. The van der Waals surface area contributed by atoms with Gasteiger partial charge in [0.25, 0.3) is 0 Å². The summed E-state index contributed by atoms with van der Waals surface area (Å²) < 4.78 is 14.9. The molecule has 1 aromatic carbocycles. The van der Waals surface area contributed by atoms with Gasteiger partial charge in [-0.3, -0.25) is 9.78 Å². The molecular weight excluding hydrogens is 381 g/mol. The smallest absolute Gasteiger partial charge is 0.168 e. The van der Waals surface area contributed by atoms with Gasteiger partial charge in [-0.2, -0.15) is 5.26 Å². The Morgan fingerprint density at radius 3 is 2.57 bits per heavy atom. The minimum atomic E-state index is -0.659. The molecule has 0 saturated heterocycles. The fourth-order valence-electron chi connectivity index (χ4n) is 3.96. The number of hydrogen-bond acceptors (Lipinski definition) is 4. The monoisotopic (exact) mass is 403 g/mol. The second-order valence-corrected chi connectivity index (χ2v) is 7.86. The van der Waals surface area contributed by atoms with E-state index in [-0.39, 0.29) is 24.1 Å². The molecule has 2 heterocycles. The number of Topliss-reactive ketones (excluding diaryl/α,β-unsaturated/α-hetero) is 1. The van der Waals surface area contributed by atoms with Crippen molar-refractivity contribution < 1.29 is 14.3 Å². The SMILES string of the molecule is N#CC1(c2ccc(CC(=O)c3ccn(-c4ccc(F)cc4)c3)cn2)CCC(O)CC1. The van der Waals surface area contributed by atoms with Crippen LogP contribution < -0.4 is 0 Å². The van der Waals surface area contributed by atoms with Crippen LogP contribution in [0.2, 0.25) is 0 Å². The highest BCUT2D eigenvalue weighted by Gasteiger charge is 2.37. The van der Waals surface area contributed by atoms with E-state index in [1.807, 2.05) is 12.1 Å². The second kappa shape index (κ2) is 8.21. The van der Waals surface area contributed by atoms with Crippen molar-refractivity contribution in [2.75, 3.05) is 0 Å². The van der Waals surface area contributed by atoms with Crippen LogP contribution in [0.1, 0.15) is 47.3 Å². The standard InChI is InChI=1S/C24H22FN3O2/c25-19-2-4-20(5-3-19)28-12-9-18(15-28)22(30)13-17-1-6-23(27-14-17)24(16-26)10-7-21(29)8-11-24/h1-6,9,12,14-15,21,29H,7-8,10-11,13H2. The first kappa shape index (κ1) is 20.0. The van der Waals surface area contributed by atoms with Gasteiger partial charge in [0.15, 0.2) is 5.78 Å². The van der Waals surface area contributed by atoms with Crippen molar-refractivity contribution in [1.29, 1.82) is 5.26 Å². The molecule has 0 bridgehead atoms. The zero-order valence-electron chi connectivity index (χ0n) is 16.5. The predicted octanol–water partition coefficient (Wildman–Crippen LogP) is 4.13. The van der Waals surface area contributed by atoms with Crippen LogP contribution in [0.3, 0.4) is 0 Å². The van der Waals surface area contributed by atoms with E-state index in [9.17, 15) is 19.6 Å². The van der Waals surface area contributed by atoms with Gasteiger partial charge in [0.1, 0.15) is 5.82 Å². The van der Waals surface area contributed by atoms with E-state index in [1.54, 1.807) is 41.4 Å². The summed E-state index contributed by atoms with van der Waals surface area (Å²) in [6.45, 7) is 0. The van der Waals surface area contributed by atoms with E-state index >= 15 is 0 Å². The van der Waals surface area contributed by atoms with Crippen LogP contribution in [0.25, 0.3) is 5.69 Å². The number of ketones is 1. The predicted molar refractivity (Wildman–Crippen MR) is 110 cm³/mol. The molecule has 6 heteroatoms. The van der Waals surface area contributed by atoms with Gasteiger partial charge in [0.2, 0.25) is 0 Å². The Labute approximate surface area is 174 Å². The Bertz CT molecular complexity index is 1070. The van der Waals surface area contributed by atoms with Gasteiger partial charge in [-0.05, 0) is 67.6 Å². The van der Waals surface area contributed by atoms with E-state index in [0.29, 0.717) is 36.9 Å². The molecule has 152 valence electrons. The molecule has 0 aliphatic heterocycles. The molecule has 1 aliphatic carbocycles. The van der Waals surface area contributed by atoms with Gasteiger partial charge in [-0.15, -0.1) is 0 Å². The Kier molecular flexibility index (Phi) is 5.47. The first-order valence-electron chi connectivity index (χ1n) is 10.0. The molecule has 0 radical (unpaired) electrons. The fraction of sp³-hybridized carbons (Fsp3) is 0.292. The minimum absolute atomic E-state index is 0.0406. The van der Waals surface area contributed by atoms with Crippen LogP contribution in [-0.2, 0) is 11.8 Å². The van der Waals surface area contributed by atoms with Crippen molar-refractivity contribution >= 4 is 5.78 Å². The molecule has 1 N–H and O–H groups in total. The Balaban J connectivity index is 1.45.